The smallest absolute Gasteiger partial charge is 0.412 e. The van der Waals surface area contributed by atoms with Crippen LogP contribution in [0.5, 0.6) is 5.75 Å². The highest BCUT2D eigenvalue weighted by atomic mass is 16.6. The maximum Gasteiger partial charge on any atom is 0.412 e. The molecule has 2 aromatic heterocycles. The van der Waals surface area contributed by atoms with E-state index in [0.717, 1.165) is 11.1 Å². The SMILES string of the molecule is NC(=O)OC(=O)C1CCC(c2nc(-c3cccc(OCc4ccccc4)c3)c3c(N)ncnn23)C1. The van der Waals surface area contributed by atoms with Gasteiger partial charge in [-0.2, -0.15) is 5.10 Å². The number of benzene rings is 2. The summed E-state index contributed by atoms with van der Waals surface area (Å²) in [6.45, 7) is 0.440. The Labute approximate surface area is 200 Å². The van der Waals surface area contributed by atoms with Crippen molar-refractivity contribution < 1.29 is 19.1 Å². The normalized spacial score (nSPS) is 17.4. The summed E-state index contributed by atoms with van der Waals surface area (Å²) in [7, 11) is 0. The van der Waals surface area contributed by atoms with Crippen LogP contribution in [0.2, 0.25) is 0 Å². The molecule has 1 aliphatic carbocycles. The number of aromatic nitrogens is 4. The van der Waals surface area contributed by atoms with E-state index in [-0.39, 0.29) is 5.92 Å². The molecule has 5 rings (SSSR count). The quantitative estimate of drug-likeness (QED) is 0.320. The van der Waals surface area contributed by atoms with Gasteiger partial charge in [-0.3, -0.25) is 4.79 Å². The Kier molecular flexibility index (Phi) is 6.01. The molecule has 2 heterocycles. The molecule has 2 unspecified atom stereocenters. The van der Waals surface area contributed by atoms with E-state index in [2.05, 4.69) is 14.8 Å². The van der Waals surface area contributed by atoms with E-state index < -0.39 is 18.0 Å². The van der Waals surface area contributed by atoms with E-state index in [4.69, 9.17) is 21.2 Å². The molecule has 0 bridgehead atoms. The highest BCUT2D eigenvalue weighted by Crippen LogP contribution is 2.40. The Morgan fingerprint density at radius 3 is 2.71 bits per heavy atom. The fourth-order valence-electron chi connectivity index (χ4n) is 4.53. The minimum Gasteiger partial charge on any atom is -0.489 e. The molecule has 1 aliphatic rings. The number of nitrogen functional groups attached to an aromatic ring is 1. The third kappa shape index (κ3) is 4.63. The number of nitrogens with zero attached hydrogens (tertiary/aromatic N) is 4. The second-order valence-electron chi connectivity index (χ2n) is 8.47. The van der Waals surface area contributed by atoms with Crippen molar-refractivity contribution in [3.8, 4) is 17.0 Å². The van der Waals surface area contributed by atoms with Gasteiger partial charge in [0.1, 0.15) is 35.7 Å². The number of primary amides is 1. The minimum atomic E-state index is -1.10. The molecule has 1 fully saturated rings. The molecule has 2 atom stereocenters. The van der Waals surface area contributed by atoms with Crippen LogP contribution in [0.3, 0.4) is 0 Å². The van der Waals surface area contributed by atoms with Crippen molar-refractivity contribution in [1.82, 2.24) is 19.6 Å². The van der Waals surface area contributed by atoms with Gasteiger partial charge in [0.05, 0.1) is 5.92 Å². The van der Waals surface area contributed by atoms with E-state index >= 15 is 0 Å². The number of carbonyl (C=O) groups is 2. The third-order valence-corrected chi connectivity index (χ3v) is 6.17. The summed E-state index contributed by atoms with van der Waals surface area (Å²) >= 11 is 0. The molecule has 10 heteroatoms. The molecular formula is C25H24N6O4. The van der Waals surface area contributed by atoms with Gasteiger partial charge >= 0.3 is 12.1 Å². The number of nitrogens with two attached hydrogens (primary N) is 2. The first-order chi connectivity index (χ1) is 17.0. The Balaban J connectivity index is 1.45. The summed E-state index contributed by atoms with van der Waals surface area (Å²) in [6, 6.07) is 17.5. The summed E-state index contributed by atoms with van der Waals surface area (Å²) < 4.78 is 12.3. The standard InChI is InChI=1S/C25H24N6O4/c26-22-21-20(16-7-4-8-19(12-16)34-13-15-5-2-1-3-6-15)30-23(31(21)29-14-28-22)17-9-10-18(11-17)24(32)35-25(27)33/h1-8,12,14,17-18H,9-11,13H2,(H2,27,33)(H2,26,28,29). The molecule has 4 aromatic rings. The van der Waals surface area contributed by atoms with Crippen LogP contribution < -0.4 is 16.2 Å². The topological polar surface area (TPSA) is 148 Å². The van der Waals surface area contributed by atoms with Gasteiger partial charge in [-0.25, -0.2) is 19.3 Å². The highest BCUT2D eigenvalue weighted by Gasteiger charge is 2.36. The van der Waals surface area contributed by atoms with E-state index in [1.54, 1.807) is 4.52 Å². The lowest BCUT2D eigenvalue weighted by molar-refractivity contribution is -0.141. The fourth-order valence-corrected chi connectivity index (χ4v) is 4.53. The Morgan fingerprint density at radius 1 is 1.09 bits per heavy atom. The Bertz CT molecular complexity index is 1390. The van der Waals surface area contributed by atoms with Gasteiger partial charge in [-0.1, -0.05) is 42.5 Å². The second kappa shape index (κ2) is 9.41. The zero-order chi connectivity index (χ0) is 24.4. The van der Waals surface area contributed by atoms with Gasteiger partial charge in [-0.15, -0.1) is 0 Å². The van der Waals surface area contributed by atoms with Crippen molar-refractivity contribution in [3.63, 3.8) is 0 Å². The first-order valence-electron chi connectivity index (χ1n) is 11.3. The van der Waals surface area contributed by atoms with Crippen LogP contribution in [0.15, 0.2) is 60.9 Å². The molecule has 1 amide bonds. The lowest BCUT2D eigenvalue weighted by atomic mass is 10.0. The van der Waals surface area contributed by atoms with Gasteiger partial charge in [0, 0.05) is 11.5 Å². The van der Waals surface area contributed by atoms with Crippen molar-refractivity contribution in [1.29, 1.82) is 0 Å². The summed E-state index contributed by atoms with van der Waals surface area (Å²) in [5.41, 5.74) is 14.3. The molecule has 10 nitrogen and oxygen atoms in total. The molecule has 0 spiro atoms. The Hall–Kier alpha value is -4.47. The molecule has 178 valence electrons. The molecular weight excluding hydrogens is 448 g/mol. The van der Waals surface area contributed by atoms with Crippen LogP contribution in [-0.2, 0) is 16.1 Å². The van der Waals surface area contributed by atoms with Crippen molar-refractivity contribution in [2.24, 2.45) is 11.7 Å². The van der Waals surface area contributed by atoms with Crippen molar-refractivity contribution in [2.75, 3.05) is 5.73 Å². The number of hydrogen-bond donors (Lipinski definition) is 2. The van der Waals surface area contributed by atoms with Crippen LogP contribution >= 0.6 is 0 Å². The van der Waals surface area contributed by atoms with Crippen LogP contribution in [-0.4, -0.2) is 31.6 Å². The lowest BCUT2D eigenvalue weighted by Gasteiger charge is -2.09. The van der Waals surface area contributed by atoms with E-state index in [1.807, 2.05) is 54.6 Å². The zero-order valence-electron chi connectivity index (χ0n) is 18.8. The average Bonchev–Trinajstić information content (AvgIpc) is 3.49. The molecule has 1 saturated carbocycles. The van der Waals surface area contributed by atoms with Crippen LogP contribution in [0.1, 0.15) is 36.6 Å². The number of anilines is 1. The number of esters is 1. The average molecular weight is 473 g/mol. The third-order valence-electron chi connectivity index (χ3n) is 6.17. The summed E-state index contributed by atoms with van der Waals surface area (Å²) in [5.74, 6) is 0.546. The van der Waals surface area contributed by atoms with Crippen molar-refractivity contribution in [2.45, 2.75) is 31.8 Å². The summed E-state index contributed by atoms with van der Waals surface area (Å²) in [4.78, 5) is 32.2. The first-order valence-corrected chi connectivity index (χ1v) is 11.3. The number of fused-ring (bicyclic) bond motifs is 1. The predicted molar refractivity (Wildman–Crippen MR) is 127 cm³/mol. The van der Waals surface area contributed by atoms with Crippen LogP contribution in [0, 0.1) is 5.92 Å². The van der Waals surface area contributed by atoms with Gasteiger partial charge in [0.2, 0.25) is 0 Å². The fraction of sp³-hybridized carbons (Fsp3) is 0.240. The van der Waals surface area contributed by atoms with Crippen LogP contribution in [0.4, 0.5) is 10.6 Å². The molecule has 0 aliphatic heterocycles. The zero-order valence-corrected chi connectivity index (χ0v) is 18.8. The Morgan fingerprint density at radius 2 is 1.91 bits per heavy atom. The number of ether oxygens (including phenoxy) is 2. The van der Waals surface area contributed by atoms with Gasteiger partial charge in [-0.05, 0) is 37.0 Å². The maximum absolute atomic E-state index is 12.2. The number of amides is 1. The van der Waals surface area contributed by atoms with Crippen molar-refractivity contribution >= 4 is 23.4 Å². The van der Waals surface area contributed by atoms with Gasteiger partial charge in [0.15, 0.2) is 5.82 Å². The number of imidazole rings is 1. The number of rotatable bonds is 6. The first kappa shape index (κ1) is 22.3. The largest absolute Gasteiger partial charge is 0.489 e. The minimum absolute atomic E-state index is 0.0755. The monoisotopic (exact) mass is 472 g/mol. The summed E-state index contributed by atoms with van der Waals surface area (Å²) in [5, 5.41) is 4.39. The summed E-state index contributed by atoms with van der Waals surface area (Å²) in [6.07, 6.45) is 1.99. The van der Waals surface area contributed by atoms with Gasteiger partial charge in [0.25, 0.3) is 0 Å². The highest BCUT2D eigenvalue weighted by molar-refractivity contribution is 5.86. The molecule has 0 saturated heterocycles. The maximum atomic E-state index is 12.2. The van der Waals surface area contributed by atoms with E-state index in [9.17, 15) is 9.59 Å². The molecule has 2 aromatic carbocycles. The van der Waals surface area contributed by atoms with E-state index in [0.29, 0.717) is 54.5 Å². The van der Waals surface area contributed by atoms with Crippen molar-refractivity contribution in [3.05, 3.63) is 72.3 Å². The lowest BCUT2D eigenvalue weighted by Crippen LogP contribution is -2.23. The predicted octanol–water partition coefficient (Wildman–Crippen LogP) is 3.46. The second-order valence-corrected chi connectivity index (χ2v) is 8.47. The van der Waals surface area contributed by atoms with Crippen LogP contribution in [0.25, 0.3) is 16.8 Å². The number of hydrogen-bond acceptors (Lipinski definition) is 8. The van der Waals surface area contributed by atoms with Gasteiger partial charge < -0.3 is 20.9 Å². The molecule has 0 radical (unpaired) electrons. The molecule has 4 N–H and O–H groups in total. The van der Waals surface area contributed by atoms with E-state index in [1.165, 1.54) is 6.33 Å². The number of carbonyl (C=O) groups excluding carboxylic acids is 2. The molecule has 35 heavy (non-hydrogen) atoms.